The van der Waals surface area contributed by atoms with E-state index in [0.717, 1.165) is 32.8 Å². The van der Waals surface area contributed by atoms with E-state index in [2.05, 4.69) is 4.98 Å². The van der Waals surface area contributed by atoms with Crippen LogP contribution in [-0.4, -0.2) is 22.2 Å². The van der Waals surface area contributed by atoms with Crippen LogP contribution in [0, 0.1) is 0 Å². The van der Waals surface area contributed by atoms with Crippen LogP contribution in [-0.2, 0) is 0 Å². The number of fused-ring (bicyclic) bond motifs is 2. The predicted octanol–water partition coefficient (Wildman–Crippen LogP) is 2.73. The molecule has 2 N–H and O–H groups in total. The van der Waals surface area contributed by atoms with Crippen molar-refractivity contribution >= 4 is 34.1 Å². The van der Waals surface area contributed by atoms with Gasteiger partial charge in [-0.3, -0.25) is 4.98 Å². The van der Waals surface area contributed by atoms with Crippen LogP contribution < -0.4 is 5.46 Å². The second kappa shape index (κ2) is 5.50. The zero-order valence-electron chi connectivity index (χ0n) is 12.3. The van der Waals surface area contributed by atoms with E-state index < -0.39 is 7.12 Å². The van der Waals surface area contributed by atoms with Crippen LogP contribution in [0.1, 0.15) is 0 Å². The highest BCUT2D eigenvalue weighted by Crippen LogP contribution is 2.34. The number of nitrogens with zero attached hydrogens (tertiary/aromatic N) is 1. The fraction of sp³-hybridized carbons (Fsp3) is 0. The highest BCUT2D eigenvalue weighted by atomic mass is 16.4. The summed E-state index contributed by atoms with van der Waals surface area (Å²) in [5.41, 5.74) is 2.43. The third kappa shape index (κ3) is 2.20. The van der Waals surface area contributed by atoms with E-state index >= 15 is 0 Å². The minimum Gasteiger partial charge on any atom is -0.423 e. The van der Waals surface area contributed by atoms with Gasteiger partial charge in [-0.2, -0.15) is 0 Å². The Morgan fingerprint density at radius 3 is 1.65 bits per heavy atom. The Morgan fingerprint density at radius 2 is 1.17 bits per heavy atom. The van der Waals surface area contributed by atoms with E-state index in [1.165, 1.54) is 0 Å². The molecule has 0 atom stereocenters. The van der Waals surface area contributed by atoms with Gasteiger partial charge in [-0.15, -0.1) is 0 Å². The van der Waals surface area contributed by atoms with Gasteiger partial charge in [-0.1, -0.05) is 54.6 Å². The first kappa shape index (κ1) is 13.9. The van der Waals surface area contributed by atoms with Gasteiger partial charge < -0.3 is 10.0 Å². The molecule has 0 aliphatic carbocycles. The molecule has 3 aromatic carbocycles. The molecular formula is C19H14BNO2. The summed E-state index contributed by atoms with van der Waals surface area (Å²) < 4.78 is 0. The zero-order valence-corrected chi connectivity index (χ0v) is 12.3. The maximum atomic E-state index is 9.92. The minimum atomic E-state index is -1.53. The van der Waals surface area contributed by atoms with Crippen molar-refractivity contribution in [2.45, 2.75) is 0 Å². The van der Waals surface area contributed by atoms with Gasteiger partial charge in [0.05, 0.1) is 5.69 Å². The molecule has 0 saturated carbocycles. The number of hydrogen-bond acceptors (Lipinski definition) is 3. The number of aromatic nitrogens is 1. The largest absolute Gasteiger partial charge is 0.489 e. The molecule has 1 heterocycles. The molecule has 0 radical (unpaired) electrons. The SMILES string of the molecule is OB(O)c1c2ccccc2c(-c2ccccn2)c2ccccc12. The summed E-state index contributed by atoms with van der Waals surface area (Å²) >= 11 is 0. The van der Waals surface area contributed by atoms with E-state index in [9.17, 15) is 10.0 Å². The Kier molecular flexibility index (Phi) is 3.34. The van der Waals surface area contributed by atoms with E-state index in [-0.39, 0.29) is 0 Å². The number of rotatable bonds is 2. The lowest BCUT2D eigenvalue weighted by Crippen LogP contribution is -2.31. The standard InChI is InChI=1S/C19H14BNO2/c22-20(23)19-15-9-3-1-7-13(15)18(17-11-5-6-12-21-17)14-8-2-4-10-16(14)19/h1-12,22-23H. The molecule has 0 amide bonds. The van der Waals surface area contributed by atoms with Crippen LogP contribution in [0.5, 0.6) is 0 Å². The molecule has 1 aromatic heterocycles. The highest BCUT2D eigenvalue weighted by molar-refractivity contribution is 6.66. The van der Waals surface area contributed by atoms with Crippen molar-refractivity contribution in [1.29, 1.82) is 0 Å². The van der Waals surface area contributed by atoms with Gasteiger partial charge in [0.15, 0.2) is 0 Å². The maximum absolute atomic E-state index is 9.92. The lowest BCUT2D eigenvalue weighted by atomic mass is 9.72. The molecule has 0 unspecified atom stereocenters. The molecule has 4 heteroatoms. The topological polar surface area (TPSA) is 53.4 Å². The first-order valence-corrected chi connectivity index (χ1v) is 7.48. The van der Waals surface area contributed by atoms with Crippen LogP contribution in [0.15, 0.2) is 72.9 Å². The average molecular weight is 299 g/mol. The van der Waals surface area contributed by atoms with Gasteiger partial charge in [0.2, 0.25) is 0 Å². The summed E-state index contributed by atoms with van der Waals surface area (Å²) in [7, 11) is -1.53. The summed E-state index contributed by atoms with van der Waals surface area (Å²) in [5.74, 6) is 0. The second-order valence-corrected chi connectivity index (χ2v) is 5.47. The molecule has 0 aliphatic rings. The Morgan fingerprint density at radius 1 is 0.652 bits per heavy atom. The van der Waals surface area contributed by atoms with Crippen molar-refractivity contribution in [3.63, 3.8) is 0 Å². The van der Waals surface area contributed by atoms with E-state index in [1.54, 1.807) is 6.20 Å². The number of pyridine rings is 1. The quantitative estimate of drug-likeness (QED) is 0.442. The highest BCUT2D eigenvalue weighted by Gasteiger charge is 2.22. The summed E-state index contributed by atoms with van der Waals surface area (Å²) in [4.78, 5) is 4.50. The fourth-order valence-electron chi connectivity index (χ4n) is 3.23. The molecule has 0 spiro atoms. The molecule has 23 heavy (non-hydrogen) atoms. The molecule has 0 fully saturated rings. The van der Waals surface area contributed by atoms with Crippen LogP contribution in [0.2, 0.25) is 0 Å². The van der Waals surface area contributed by atoms with Crippen molar-refractivity contribution in [1.82, 2.24) is 4.98 Å². The van der Waals surface area contributed by atoms with E-state index in [0.29, 0.717) is 5.46 Å². The van der Waals surface area contributed by atoms with E-state index in [1.807, 2.05) is 66.7 Å². The van der Waals surface area contributed by atoms with Crippen molar-refractivity contribution in [2.75, 3.05) is 0 Å². The van der Waals surface area contributed by atoms with Crippen LogP contribution in [0.4, 0.5) is 0 Å². The Balaban J connectivity index is 2.27. The van der Waals surface area contributed by atoms with Crippen molar-refractivity contribution in [3.05, 3.63) is 72.9 Å². The second-order valence-electron chi connectivity index (χ2n) is 5.47. The Bertz CT molecular complexity index is 943. The molecule has 0 bridgehead atoms. The lowest BCUT2D eigenvalue weighted by Gasteiger charge is -2.16. The first-order valence-electron chi connectivity index (χ1n) is 7.48. The smallest absolute Gasteiger partial charge is 0.423 e. The van der Waals surface area contributed by atoms with Crippen LogP contribution in [0.3, 0.4) is 0 Å². The monoisotopic (exact) mass is 299 g/mol. The summed E-state index contributed by atoms with van der Waals surface area (Å²) in [6.07, 6.45) is 1.77. The Labute approximate surface area is 134 Å². The molecule has 4 rings (SSSR count). The number of benzene rings is 3. The van der Waals surface area contributed by atoms with Gasteiger partial charge in [0.1, 0.15) is 0 Å². The van der Waals surface area contributed by atoms with Gasteiger partial charge in [-0.25, -0.2) is 0 Å². The zero-order chi connectivity index (χ0) is 15.8. The first-order chi connectivity index (χ1) is 11.3. The molecular weight excluding hydrogens is 285 g/mol. The summed E-state index contributed by atoms with van der Waals surface area (Å²) in [5, 5.41) is 23.4. The summed E-state index contributed by atoms with van der Waals surface area (Å²) in [6.45, 7) is 0. The van der Waals surface area contributed by atoms with Gasteiger partial charge in [0.25, 0.3) is 0 Å². The van der Waals surface area contributed by atoms with Crippen LogP contribution in [0.25, 0.3) is 32.8 Å². The molecule has 3 nitrogen and oxygen atoms in total. The van der Waals surface area contributed by atoms with Crippen LogP contribution >= 0.6 is 0 Å². The Hall–Kier alpha value is -2.69. The molecule has 4 aromatic rings. The third-order valence-corrected chi connectivity index (χ3v) is 4.15. The van der Waals surface area contributed by atoms with Crippen molar-refractivity contribution in [2.24, 2.45) is 0 Å². The van der Waals surface area contributed by atoms with Gasteiger partial charge >= 0.3 is 7.12 Å². The number of hydrogen-bond donors (Lipinski definition) is 2. The lowest BCUT2D eigenvalue weighted by molar-refractivity contribution is 0.426. The van der Waals surface area contributed by atoms with E-state index in [4.69, 9.17) is 0 Å². The van der Waals surface area contributed by atoms with Crippen molar-refractivity contribution in [3.8, 4) is 11.3 Å². The minimum absolute atomic E-state index is 0.538. The third-order valence-electron chi connectivity index (χ3n) is 4.15. The van der Waals surface area contributed by atoms with Crippen molar-refractivity contribution < 1.29 is 10.0 Å². The van der Waals surface area contributed by atoms with Gasteiger partial charge in [-0.05, 0) is 39.1 Å². The fourth-order valence-corrected chi connectivity index (χ4v) is 3.23. The predicted molar refractivity (Wildman–Crippen MR) is 94.5 cm³/mol. The molecule has 110 valence electrons. The average Bonchev–Trinajstić information content (AvgIpc) is 2.59. The normalized spacial score (nSPS) is 11.0. The maximum Gasteiger partial charge on any atom is 0.489 e. The molecule has 0 aliphatic heterocycles. The molecule has 0 saturated heterocycles. The van der Waals surface area contributed by atoms with Gasteiger partial charge in [0, 0.05) is 11.8 Å². The summed E-state index contributed by atoms with van der Waals surface area (Å²) in [6, 6.07) is 21.4.